The second-order valence-electron chi connectivity index (χ2n) is 5.41. The van der Waals surface area contributed by atoms with Gasteiger partial charge in [0.1, 0.15) is 11.6 Å². The van der Waals surface area contributed by atoms with E-state index in [1.807, 2.05) is 17.5 Å². The van der Waals surface area contributed by atoms with Gasteiger partial charge in [-0.25, -0.2) is 4.39 Å². The molecule has 0 aliphatic carbocycles. The summed E-state index contributed by atoms with van der Waals surface area (Å²) in [5.74, 6) is 0.692. The summed E-state index contributed by atoms with van der Waals surface area (Å²) in [5.41, 5.74) is 1.04. The lowest BCUT2D eigenvalue weighted by Crippen LogP contribution is -2.15. The molecule has 0 aliphatic rings. The van der Waals surface area contributed by atoms with Crippen LogP contribution in [0.3, 0.4) is 0 Å². The molecule has 3 rings (SSSR count). The first-order valence-corrected chi connectivity index (χ1v) is 8.71. The summed E-state index contributed by atoms with van der Waals surface area (Å²) >= 11 is 1.54. The number of rotatable bonds is 7. The number of thiophene rings is 1. The van der Waals surface area contributed by atoms with Crippen LogP contribution in [0.25, 0.3) is 0 Å². The number of hydrogen-bond donors (Lipinski definition) is 2. The lowest BCUT2D eigenvalue weighted by molar-refractivity contribution is -0.115. The van der Waals surface area contributed by atoms with Gasteiger partial charge in [0.25, 0.3) is 0 Å². The highest BCUT2D eigenvalue weighted by molar-refractivity contribution is 7.10. The van der Waals surface area contributed by atoms with E-state index in [2.05, 4.69) is 20.8 Å². The van der Waals surface area contributed by atoms with E-state index in [9.17, 15) is 9.18 Å². The van der Waals surface area contributed by atoms with Crippen molar-refractivity contribution >= 4 is 28.9 Å². The molecule has 0 unspecified atom stereocenters. The van der Waals surface area contributed by atoms with Crippen molar-refractivity contribution in [1.29, 1.82) is 0 Å². The number of carbonyl (C=O) groups is 1. The number of amides is 1. The highest BCUT2D eigenvalue weighted by atomic mass is 32.1. The first-order valence-electron chi connectivity index (χ1n) is 7.83. The van der Waals surface area contributed by atoms with Gasteiger partial charge in [0, 0.05) is 11.4 Å². The summed E-state index contributed by atoms with van der Waals surface area (Å²) in [4.78, 5) is 12.9. The van der Waals surface area contributed by atoms with Crippen molar-refractivity contribution in [2.24, 2.45) is 0 Å². The van der Waals surface area contributed by atoms with Gasteiger partial charge in [-0.05, 0) is 47.7 Å². The van der Waals surface area contributed by atoms with Crippen LogP contribution < -0.4 is 10.6 Å². The van der Waals surface area contributed by atoms with Gasteiger partial charge in [-0.2, -0.15) is 0 Å². The number of hydrogen-bond acceptors (Lipinski definition) is 5. The van der Waals surface area contributed by atoms with Crippen LogP contribution in [0.15, 0.2) is 53.9 Å². The fourth-order valence-corrected chi connectivity index (χ4v) is 2.94. The van der Waals surface area contributed by atoms with E-state index in [1.165, 1.54) is 12.1 Å². The lowest BCUT2D eigenvalue weighted by atomic mass is 10.1. The van der Waals surface area contributed by atoms with Gasteiger partial charge in [0.05, 0.1) is 6.42 Å². The van der Waals surface area contributed by atoms with Gasteiger partial charge in [-0.3, -0.25) is 4.79 Å². The minimum absolute atomic E-state index is 0.117. The highest BCUT2D eigenvalue weighted by Crippen LogP contribution is 2.11. The van der Waals surface area contributed by atoms with Gasteiger partial charge in [0.2, 0.25) is 5.91 Å². The SMILES string of the molecule is O=C(Cc1cccs1)Nc1ccc(NCCc2ccc(F)cc2)nn1. The van der Waals surface area contributed by atoms with Crippen molar-refractivity contribution in [3.8, 4) is 0 Å². The Kier molecular flexibility index (Phi) is 5.69. The van der Waals surface area contributed by atoms with Crippen LogP contribution in [0.5, 0.6) is 0 Å². The smallest absolute Gasteiger partial charge is 0.230 e. The van der Waals surface area contributed by atoms with Crippen LogP contribution in [0.2, 0.25) is 0 Å². The van der Waals surface area contributed by atoms with Gasteiger partial charge in [-0.1, -0.05) is 18.2 Å². The van der Waals surface area contributed by atoms with Gasteiger partial charge in [-0.15, -0.1) is 21.5 Å². The Morgan fingerprint density at radius 2 is 1.80 bits per heavy atom. The van der Waals surface area contributed by atoms with E-state index in [0.29, 0.717) is 24.6 Å². The largest absolute Gasteiger partial charge is 0.368 e. The quantitative estimate of drug-likeness (QED) is 0.680. The average molecular weight is 356 g/mol. The maximum Gasteiger partial charge on any atom is 0.230 e. The molecule has 0 radical (unpaired) electrons. The van der Waals surface area contributed by atoms with E-state index in [1.54, 1.807) is 35.6 Å². The Morgan fingerprint density at radius 3 is 2.48 bits per heavy atom. The van der Waals surface area contributed by atoms with E-state index >= 15 is 0 Å². The predicted molar refractivity (Wildman–Crippen MR) is 97.3 cm³/mol. The first-order chi connectivity index (χ1) is 12.2. The van der Waals surface area contributed by atoms with E-state index < -0.39 is 0 Å². The third-order valence-electron chi connectivity index (χ3n) is 3.48. The molecule has 1 aromatic carbocycles. The monoisotopic (exact) mass is 356 g/mol. The highest BCUT2D eigenvalue weighted by Gasteiger charge is 2.06. The number of benzene rings is 1. The molecule has 2 N–H and O–H groups in total. The second kappa shape index (κ2) is 8.34. The molecule has 1 amide bonds. The Morgan fingerprint density at radius 1 is 1.04 bits per heavy atom. The first kappa shape index (κ1) is 17.0. The molecule has 128 valence electrons. The zero-order chi connectivity index (χ0) is 17.5. The second-order valence-corrected chi connectivity index (χ2v) is 6.44. The van der Waals surface area contributed by atoms with Crippen molar-refractivity contribution in [2.75, 3.05) is 17.2 Å². The molecule has 0 aliphatic heterocycles. The molecule has 5 nitrogen and oxygen atoms in total. The molecule has 0 atom stereocenters. The fraction of sp³-hybridized carbons (Fsp3) is 0.167. The number of carbonyl (C=O) groups excluding carboxylic acids is 1. The number of anilines is 2. The third-order valence-corrected chi connectivity index (χ3v) is 4.36. The summed E-state index contributed by atoms with van der Waals surface area (Å²) in [7, 11) is 0. The molecule has 3 aromatic rings. The molecule has 0 saturated heterocycles. The number of nitrogens with one attached hydrogen (secondary N) is 2. The maximum atomic E-state index is 12.8. The number of halogens is 1. The van der Waals surface area contributed by atoms with Crippen molar-refractivity contribution in [2.45, 2.75) is 12.8 Å². The van der Waals surface area contributed by atoms with E-state index in [4.69, 9.17) is 0 Å². The molecule has 2 heterocycles. The minimum Gasteiger partial charge on any atom is -0.368 e. The maximum absolute atomic E-state index is 12.8. The van der Waals surface area contributed by atoms with Crippen LogP contribution in [-0.4, -0.2) is 22.6 Å². The van der Waals surface area contributed by atoms with Crippen LogP contribution in [-0.2, 0) is 17.6 Å². The van der Waals surface area contributed by atoms with Gasteiger partial charge >= 0.3 is 0 Å². The molecule has 25 heavy (non-hydrogen) atoms. The molecule has 7 heteroatoms. The molecule has 0 bridgehead atoms. The van der Waals surface area contributed by atoms with E-state index in [0.717, 1.165) is 16.9 Å². The summed E-state index contributed by atoms with van der Waals surface area (Å²) < 4.78 is 12.8. The van der Waals surface area contributed by atoms with Gasteiger partial charge < -0.3 is 10.6 Å². The lowest BCUT2D eigenvalue weighted by Gasteiger charge is -2.07. The fourth-order valence-electron chi connectivity index (χ4n) is 2.24. The number of nitrogens with zero attached hydrogens (tertiary/aromatic N) is 2. The summed E-state index contributed by atoms with van der Waals surface area (Å²) in [6.07, 6.45) is 1.08. The summed E-state index contributed by atoms with van der Waals surface area (Å²) in [6.45, 7) is 0.657. The summed E-state index contributed by atoms with van der Waals surface area (Å²) in [5, 5.41) is 15.8. The Labute approximate surface area is 148 Å². The predicted octanol–water partition coefficient (Wildman–Crippen LogP) is 3.51. The van der Waals surface area contributed by atoms with Gasteiger partial charge in [0.15, 0.2) is 5.82 Å². The minimum atomic E-state index is -0.237. The third kappa shape index (κ3) is 5.36. The molecule has 0 saturated carbocycles. The van der Waals surface area contributed by atoms with Crippen LogP contribution in [0, 0.1) is 5.82 Å². The topological polar surface area (TPSA) is 66.9 Å². The van der Waals surface area contributed by atoms with Crippen LogP contribution in [0.4, 0.5) is 16.0 Å². The molecule has 0 fully saturated rings. The Balaban J connectivity index is 1.45. The molecular formula is C18H17FN4OS. The van der Waals surface area contributed by atoms with Crippen molar-refractivity contribution in [1.82, 2.24) is 10.2 Å². The average Bonchev–Trinajstić information content (AvgIpc) is 3.11. The normalized spacial score (nSPS) is 10.4. The summed E-state index contributed by atoms with van der Waals surface area (Å²) in [6, 6.07) is 13.7. The van der Waals surface area contributed by atoms with Crippen molar-refractivity contribution in [3.05, 3.63) is 70.2 Å². The zero-order valence-electron chi connectivity index (χ0n) is 13.4. The van der Waals surface area contributed by atoms with Crippen LogP contribution >= 0.6 is 11.3 Å². The standard InChI is InChI=1S/C18H17FN4OS/c19-14-5-3-13(4-6-14)9-10-20-16-7-8-17(23-22-16)21-18(24)12-15-2-1-11-25-15/h1-8,11H,9-10,12H2,(H,20,22)(H,21,23,24). The van der Waals surface area contributed by atoms with Crippen molar-refractivity contribution in [3.63, 3.8) is 0 Å². The number of aromatic nitrogens is 2. The van der Waals surface area contributed by atoms with Crippen molar-refractivity contribution < 1.29 is 9.18 Å². The molecular weight excluding hydrogens is 339 g/mol. The van der Waals surface area contributed by atoms with E-state index in [-0.39, 0.29) is 11.7 Å². The molecule has 0 spiro atoms. The Hall–Kier alpha value is -2.80. The Bertz CT molecular complexity index is 804. The zero-order valence-corrected chi connectivity index (χ0v) is 14.2. The molecule has 2 aromatic heterocycles. The van der Waals surface area contributed by atoms with Crippen LogP contribution in [0.1, 0.15) is 10.4 Å².